The lowest BCUT2D eigenvalue weighted by atomic mass is 10.1. The monoisotopic (exact) mass is 436 g/mol. The van der Waals surface area contributed by atoms with E-state index in [1.54, 1.807) is 11.3 Å². The molecule has 1 aliphatic heterocycles. The van der Waals surface area contributed by atoms with Gasteiger partial charge in [-0.3, -0.25) is 9.69 Å². The fraction of sp³-hybridized carbons (Fsp3) is 0.320. The molecule has 0 N–H and O–H groups in total. The smallest absolute Gasteiger partial charge is 0.241 e. The van der Waals surface area contributed by atoms with Crippen molar-refractivity contribution in [2.75, 3.05) is 31.7 Å². The second-order valence-electron chi connectivity index (χ2n) is 7.99. The Kier molecular flexibility index (Phi) is 6.59. The number of thiophene rings is 1. The van der Waals surface area contributed by atoms with E-state index in [2.05, 4.69) is 43.0 Å². The number of hydrogen-bond donors (Lipinski definition) is 0. The van der Waals surface area contributed by atoms with Crippen LogP contribution in [-0.2, 0) is 17.9 Å². The average Bonchev–Trinajstić information content (AvgIpc) is 3.27. The van der Waals surface area contributed by atoms with Gasteiger partial charge in [-0.25, -0.2) is 0 Å². The molecule has 0 aliphatic carbocycles. The standard InChI is InChI=1S/C25H28N2O3S/c1-18-6-7-20(19(2)13-18)15-26(3)17-25(28)27(16-22-5-4-12-31-22)21-8-9-23-24(14-21)30-11-10-29-23/h4-9,12-14H,10-11,15-17H2,1-3H3. The molecule has 1 amide bonds. The number of anilines is 1. The largest absolute Gasteiger partial charge is 0.486 e. The van der Waals surface area contributed by atoms with Crippen LogP contribution in [0.15, 0.2) is 53.9 Å². The van der Waals surface area contributed by atoms with Crippen molar-refractivity contribution in [1.82, 2.24) is 4.90 Å². The zero-order chi connectivity index (χ0) is 21.8. The number of aryl methyl sites for hydroxylation is 2. The van der Waals surface area contributed by atoms with Gasteiger partial charge >= 0.3 is 0 Å². The van der Waals surface area contributed by atoms with Crippen molar-refractivity contribution < 1.29 is 14.3 Å². The molecule has 0 atom stereocenters. The predicted molar refractivity (Wildman–Crippen MR) is 125 cm³/mol. The molecule has 0 radical (unpaired) electrons. The molecule has 2 heterocycles. The Morgan fingerprint density at radius 3 is 2.55 bits per heavy atom. The molecule has 0 saturated carbocycles. The second-order valence-corrected chi connectivity index (χ2v) is 9.02. The van der Waals surface area contributed by atoms with Gasteiger partial charge in [0.15, 0.2) is 11.5 Å². The maximum absolute atomic E-state index is 13.4. The number of ether oxygens (including phenoxy) is 2. The first-order valence-corrected chi connectivity index (χ1v) is 11.3. The van der Waals surface area contributed by atoms with E-state index in [0.717, 1.165) is 22.9 Å². The molecule has 6 heteroatoms. The van der Waals surface area contributed by atoms with E-state index in [4.69, 9.17) is 9.47 Å². The van der Waals surface area contributed by atoms with Crippen molar-refractivity contribution in [2.45, 2.75) is 26.9 Å². The summed E-state index contributed by atoms with van der Waals surface area (Å²) in [6, 6.07) is 16.3. The second kappa shape index (κ2) is 9.54. The average molecular weight is 437 g/mol. The Hall–Kier alpha value is -2.83. The molecule has 31 heavy (non-hydrogen) atoms. The first-order valence-electron chi connectivity index (χ1n) is 10.5. The van der Waals surface area contributed by atoms with E-state index >= 15 is 0 Å². The first-order chi connectivity index (χ1) is 15.0. The minimum absolute atomic E-state index is 0.0531. The molecule has 162 valence electrons. The molecule has 2 aromatic carbocycles. The number of likely N-dealkylation sites (N-methyl/N-ethyl adjacent to an activating group) is 1. The number of rotatable bonds is 7. The topological polar surface area (TPSA) is 42.0 Å². The van der Waals surface area contributed by atoms with Crippen LogP contribution in [0.5, 0.6) is 11.5 Å². The molecule has 5 nitrogen and oxygen atoms in total. The van der Waals surface area contributed by atoms with Gasteiger partial charge in [0.05, 0.1) is 13.1 Å². The molecule has 0 spiro atoms. The molecule has 4 rings (SSSR count). The Balaban J connectivity index is 1.52. The highest BCUT2D eigenvalue weighted by Crippen LogP contribution is 2.34. The van der Waals surface area contributed by atoms with Crippen molar-refractivity contribution in [1.29, 1.82) is 0 Å². The third kappa shape index (κ3) is 5.27. The highest BCUT2D eigenvalue weighted by molar-refractivity contribution is 7.09. The zero-order valence-electron chi connectivity index (χ0n) is 18.3. The van der Waals surface area contributed by atoms with Crippen LogP contribution in [0, 0.1) is 13.8 Å². The van der Waals surface area contributed by atoms with Gasteiger partial charge in [0.1, 0.15) is 13.2 Å². The number of fused-ring (bicyclic) bond motifs is 1. The summed E-state index contributed by atoms with van der Waals surface area (Å²) in [5.74, 6) is 1.47. The number of carbonyl (C=O) groups excluding carboxylic acids is 1. The zero-order valence-corrected chi connectivity index (χ0v) is 19.1. The lowest BCUT2D eigenvalue weighted by molar-refractivity contribution is -0.119. The number of nitrogens with zero attached hydrogens (tertiary/aromatic N) is 2. The Bertz CT molecular complexity index is 1050. The molecule has 0 unspecified atom stereocenters. The number of amides is 1. The molecule has 3 aromatic rings. The summed E-state index contributed by atoms with van der Waals surface area (Å²) < 4.78 is 11.4. The van der Waals surface area contributed by atoms with Crippen LogP contribution in [0.4, 0.5) is 5.69 Å². The molecule has 1 aromatic heterocycles. The van der Waals surface area contributed by atoms with Gasteiger partial charge in [0.25, 0.3) is 0 Å². The van der Waals surface area contributed by atoms with E-state index < -0.39 is 0 Å². The van der Waals surface area contributed by atoms with Crippen LogP contribution in [0.1, 0.15) is 21.6 Å². The third-order valence-corrected chi connectivity index (χ3v) is 6.24. The highest BCUT2D eigenvalue weighted by atomic mass is 32.1. The number of carbonyl (C=O) groups is 1. The Labute approximate surface area is 187 Å². The van der Waals surface area contributed by atoms with Crippen LogP contribution >= 0.6 is 11.3 Å². The number of benzene rings is 2. The summed E-state index contributed by atoms with van der Waals surface area (Å²) in [5, 5.41) is 2.04. The number of hydrogen-bond acceptors (Lipinski definition) is 5. The SMILES string of the molecule is Cc1ccc(CN(C)CC(=O)N(Cc2cccs2)c2ccc3c(c2)OCCO3)c(C)c1. The summed E-state index contributed by atoms with van der Waals surface area (Å²) in [6.07, 6.45) is 0. The predicted octanol–water partition coefficient (Wildman–Crippen LogP) is 4.80. The first kappa shape index (κ1) is 21.4. The van der Waals surface area contributed by atoms with Crippen molar-refractivity contribution in [3.8, 4) is 11.5 Å². The van der Waals surface area contributed by atoms with Crippen LogP contribution in [0.2, 0.25) is 0 Å². The summed E-state index contributed by atoms with van der Waals surface area (Å²) in [5.41, 5.74) is 4.56. The van der Waals surface area contributed by atoms with Gasteiger partial charge in [0.2, 0.25) is 5.91 Å². The lowest BCUT2D eigenvalue weighted by Gasteiger charge is -2.27. The van der Waals surface area contributed by atoms with Crippen LogP contribution in [0.25, 0.3) is 0 Å². The summed E-state index contributed by atoms with van der Waals surface area (Å²) in [4.78, 5) is 18.4. The van der Waals surface area contributed by atoms with Crippen molar-refractivity contribution in [2.24, 2.45) is 0 Å². The highest BCUT2D eigenvalue weighted by Gasteiger charge is 2.21. The molecular formula is C25H28N2O3S. The van der Waals surface area contributed by atoms with Crippen molar-refractivity contribution in [3.63, 3.8) is 0 Å². The van der Waals surface area contributed by atoms with E-state index in [1.807, 2.05) is 41.6 Å². The summed E-state index contributed by atoms with van der Waals surface area (Å²) >= 11 is 1.65. The van der Waals surface area contributed by atoms with E-state index in [1.165, 1.54) is 16.7 Å². The molecule has 1 aliphatic rings. The summed E-state index contributed by atoms with van der Waals surface area (Å²) in [6.45, 7) is 6.88. The fourth-order valence-electron chi connectivity index (χ4n) is 3.77. The van der Waals surface area contributed by atoms with Crippen LogP contribution < -0.4 is 14.4 Å². The van der Waals surface area contributed by atoms with Crippen LogP contribution in [-0.4, -0.2) is 37.6 Å². The van der Waals surface area contributed by atoms with Crippen molar-refractivity contribution >= 4 is 22.9 Å². The third-order valence-electron chi connectivity index (χ3n) is 5.38. The molecule has 0 bridgehead atoms. The maximum atomic E-state index is 13.4. The maximum Gasteiger partial charge on any atom is 0.241 e. The normalized spacial score (nSPS) is 12.8. The van der Waals surface area contributed by atoms with E-state index in [0.29, 0.717) is 32.1 Å². The minimum atomic E-state index is 0.0531. The molecule has 0 fully saturated rings. The van der Waals surface area contributed by atoms with Gasteiger partial charge in [-0.2, -0.15) is 0 Å². The van der Waals surface area contributed by atoms with Gasteiger partial charge in [-0.05, 0) is 55.6 Å². The quantitative estimate of drug-likeness (QED) is 0.534. The van der Waals surface area contributed by atoms with E-state index in [-0.39, 0.29) is 5.91 Å². The van der Waals surface area contributed by atoms with E-state index in [9.17, 15) is 4.79 Å². The van der Waals surface area contributed by atoms with Gasteiger partial charge in [0, 0.05) is 23.2 Å². The Morgan fingerprint density at radius 2 is 1.81 bits per heavy atom. The molecular weight excluding hydrogens is 408 g/mol. The Morgan fingerprint density at radius 1 is 1.00 bits per heavy atom. The fourth-order valence-corrected chi connectivity index (χ4v) is 4.46. The van der Waals surface area contributed by atoms with Gasteiger partial charge < -0.3 is 14.4 Å². The summed E-state index contributed by atoms with van der Waals surface area (Å²) in [7, 11) is 1.99. The van der Waals surface area contributed by atoms with Crippen molar-refractivity contribution in [3.05, 3.63) is 75.5 Å². The molecule has 0 saturated heterocycles. The van der Waals surface area contributed by atoms with Gasteiger partial charge in [-0.15, -0.1) is 11.3 Å². The van der Waals surface area contributed by atoms with Crippen LogP contribution in [0.3, 0.4) is 0 Å². The van der Waals surface area contributed by atoms with Gasteiger partial charge in [-0.1, -0.05) is 29.8 Å². The minimum Gasteiger partial charge on any atom is -0.486 e. The lowest BCUT2D eigenvalue weighted by Crippen LogP contribution is -2.38.